The first kappa shape index (κ1) is 23.3. The molecule has 1 saturated heterocycles. The van der Waals surface area contributed by atoms with Crippen LogP contribution in [-0.4, -0.2) is 44.4 Å². The highest BCUT2D eigenvalue weighted by molar-refractivity contribution is 5.98. The number of nitrogens with one attached hydrogen (secondary N) is 1. The molecule has 0 radical (unpaired) electrons. The first-order valence-electron chi connectivity index (χ1n) is 11.4. The van der Waals surface area contributed by atoms with Gasteiger partial charge in [-0.05, 0) is 61.2 Å². The van der Waals surface area contributed by atoms with Crippen molar-refractivity contribution in [3.8, 4) is 22.8 Å². The van der Waals surface area contributed by atoms with E-state index in [1.54, 1.807) is 35.4 Å². The summed E-state index contributed by atoms with van der Waals surface area (Å²) in [4.78, 5) is 29.3. The van der Waals surface area contributed by atoms with Crippen molar-refractivity contribution in [2.75, 3.05) is 13.1 Å². The number of hydrogen-bond acceptors (Lipinski definition) is 4. The molecule has 2 aromatic heterocycles. The third-order valence-corrected chi connectivity index (χ3v) is 6.41. The fraction of sp³-hybridized carbons (Fsp3) is 0.192. The van der Waals surface area contributed by atoms with Crippen LogP contribution in [0.3, 0.4) is 0 Å². The number of ether oxygens (including phenoxy) is 1. The molecule has 36 heavy (non-hydrogen) atoms. The van der Waals surface area contributed by atoms with Gasteiger partial charge in [-0.1, -0.05) is 6.58 Å². The number of amides is 2. The second-order valence-corrected chi connectivity index (χ2v) is 8.58. The molecule has 1 aliphatic rings. The molecule has 184 valence electrons. The molecule has 2 amide bonds. The van der Waals surface area contributed by atoms with Crippen molar-refractivity contribution in [3.05, 3.63) is 84.2 Å². The zero-order valence-electron chi connectivity index (χ0n) is 19.2. The van der Waals surface area contributed by atoms with Crippen LogP contribution in [0.25, 0.3) is 16.9 Å². The lowest BCUT2D eigenvalue weighted by Crippen LogP contribution is -2.36. The van der Waals surface area contributed by atoms with Gasteiger partial charge in [0.25, 0.3) is 5.91 Å². The maximum absolute atomic E-state index is 13.9. The molecule has 3 heterocycles. The monoisotopic (exact) mass is 491 g/mol. The highest BCUT2D eigenvalue weighted by Gasteiger charge is 2.28. The fourth-order valence-electron chi connectivity index (χ4n) is 4.59. The van der Waals surface area contributed by atoms with Crippen LogP contribution in [0.5, 0.6) is 11.5 Å². The van der Waals surface area contributed by atoms with E-state index in [1.165, 1.54) is 16.7 Å². The number of hydrogen-bond donors (Lipinski definition) is 2. The van der Waals surface area contributed by atoms with Gasteiger partial charge in [-0.3, -0.25) is 9.59 Å². The van der Waals surface area contributed by atoms with Gasteiger partial charge < -0.3 is 20.4 Å². The second kappa shape index (κ2) is 9.29. The number of H-pyrrole nitrogens is 1. The molecule has 0 saturated carbocycles. The standard InChI is InChI=1S/C26H23F2N5O3/c1-2-22(34)32-11-9-15(10-12-32)19-14-30-33-24(25(29)35)23(31-26(19)33)16-3-6-18(7-4-16)36-21-8-5-17(27)13-20(21)28/h2-8,13-15,31H,1,9-12H2,(H2,29,35). The Labute approximate surface area is 205 Å². The minimum atomic E-state index is -0.812. The van der Waals surface area contributed by atoms with E-state index < -0.39 is 17.5 Å². The molecule has 0 aliphatic carbocycles. The van der Waals surface area contributed by atoms with Crippen molar-refractivity contribution in [3.63, 3.8) is 0 Å². The number of nitrogens with zero attached hydrogens (tertiary/aromatic N) is 3. The van der Waals surface area contributed by atoms with Gasteiger partial charge >= 0.3 is 0 Å². The number of primary amides is 1. The van der Waals surface area contributed by atoms with E-state index in [0.717, 1.165) is 30.5 Å². The number of piperidine rings is 1. The van der Waals surface area contributed by atoms with Gasteiger partial charge in [-0.2, -0.15) is 5.10 Å². The van der Waals surface area contributed by atoms with E-state index in [1.807, 2.05) is 0 Å². The largest absolute Gasteiger partial charge is 0.454 e. The second-order valence-electron chi connectivity index (χ2n) is 8.58. The molecule has 0 atom stereocenters. The van der Waals surface area contributed by atoms with Crippen molar-refractivity contribution >= 4 is 17.5 Å². The Balaban J connectivity index is 1.43. The summed E-state index contributed by atoms with van der Waals surface area (Å²) in [6, 6.07) is 9.69. The van der Waals surface area contributed by atoms with Crippen LogP contribution in [0.4, 0.5) is 8.78 Å². The Bertz CT molecular complexity index is 1470. The zero-order valence-corrected chi connectivity index (χ0v) is 19.2. The summed E-state index contributed by atoms with van der Waals surface area (Å²) in [6.07, 6.45) is 4.56. The highest BCUT2D eigenvalue weighted by Crippen LogP contribution is 2.34. The normalized spacial score (nSPS) is 14.2. The maximum atomic E-state index is 13.9. The quantitative estimate of drug-likeness (QED) is 0.390. The molecule has 10 heteroatoms. The number of aromatic nitrogens is 3. The molecular weight excluding hydrogens is 468 g/mol. The average molecular weight is 491 g/mol. The topological polar surface area (TPSA) is 106 Å². The molecule has 0 bridgehead atoms. The molecule has 3 N–H and O–H groups in total. The predicted octanol–water partition coefficient (Wildman–Crippen LogP) is 4.39. The molecule has 8 nitrogen and oxygen atoms in total. The van der Waals surface area contributed by atoms with E-state index in [4.69, 9.17) is 10.5 Å². The van der Waals surface area contributed by atoms with Crippen LogP contribution in [0.15, 0.2) is 61.3 Å². The highest BCUT2D eigenvalue weighted by atomic mass is 19.1. The first-order valence-corrected chi connectivity index (χ1v) is 11.4. The maximum Gasteiger partial charge on any atom is 0.269 e. The number of benzene rings is 2. The number of rotatable bonds is 6. The third kappa shape index (κ3) is 4.21. The van der Waals surface area contributed by atoms with Crippen LogP contribution < -0.4 is 10.5 Å². The number of likely N-dealkylation sites (tertiary alicyclic amines) is 1. The average Bonchev–Trinajstić information content (AvgIpc) is 3.45. The van der Waals surface area contributed by atoms with E-state index in [2.05, 4.69) is 16.7 Å². The fourth-order valence-corrected chi connectivity index (χ4v) is 4.59. The van der Waals surface area contributed by atoms with Gasteiger partial charge in [-0.15, -0.1) is 0 Å². The first-order chi connectivity index (χ1) is 17.4. The van der Waals surface area contributed by atoms with E-state index in [0.29, 0.717) is 35.7 Å². The van der Waals surface area contributed by atoms with Crippen molar-refractivity contribution in [2.45, 2.75) is 18.8 Å². The third-order valence-electron chi connectivity index (χ3n) is 6.41. The Morgan fingerprint density at radius 3 is 2.50 bits per heavy atom. The lowest BCUT2D eigenvalue weighted by Gasteiger charge is -2.30. The SMILES string of the molecule is C=CC(=O)N1CCC(c2cnn3c(C(N)=O)c(-c4ccc(Oc5ccc(F)cc5F)cc4)[nH]c23)CC1. The summed E-state index contributed by atoms with van der Waals surface area (Å²) in [7, 11) is 0. The number of halogens is 2. The molecule has 5 rings (SSSR count). The summed E-state index contributed by atoms with van der Waals surface area (Å²) in [6.45, 7) is 4.77. The van der Waals surface area contributed by atoms with Crippen molar-refractivity contribution < 1.29 is 23.1 Å². The molecule has 1 fully saturated rings. The number of aromatic amines is 1. The lowest BCUT2D eigenvalue weighted by atomic mass is 9.91. The molecule has 1 aliphatic heterocycles. The molecule has 0 spiro atoms. The summed E-state index contributed by atoms with van der Waals surface area (Å²) in [5, 5.41) is 4.41. The van der Waals surface area contributed by atoms with Crippen LogP contribution in [-0.2, 0) is 4.79 Å². The Morgan fingerprint density at radius 2 is 1.86 bits per heavy atom. The van der Waals surface area contributed by atoms with Gasteiger partial charge in [0.2, 0.25) is 5.91 Å². The van der Waals surface area contributed by atoms with Gasteiger partial charge in [0.15, 0.2) is 17.3 Å². The Morgan fingerprint density at radius 1 is 1.14 bits per heavy atom. The minimum Gasteiger partial charge on any atom is -0.454 e. The Hall–Kier alpha value is -4.47. The number of fused-ring (bicyclic) bond motifs is 1. The summed E-state index contributed by atoms with van der Waals surface area (Å²) >= 11 is 0. The van der Waals surface area contributed by atoms with Crippen LogP contribution in [0, 0.1) is 11.6 Å². The summed E-state index contributed by atoms with van der Waals surface area (Å²) in [5.41, 5.74) is 8.67. The van der Waals surface area contributed by atoms with Crippen molar-refractivity contribution in [1.29, 1.82) is 0 Å². The summed E-state index contributed by atoms with van der Waals surface area (Å²) in [5.74, 6) is -1.85. The van der Waals surface area contributed by atoms with Crippen LogP contribution >= 0.6 is 0 Å². The van der Waals surface area contributed by atoms with E-state index in [9.17, 15) is 18.4 Å². The number of carbonyl (C=O) groups excluding carboxylic acids is 2. The minimum absolute atomic E-state index is 0.0821. The number of nitrogens with two attached hydrogens (primary N) is 1. The number of carbonyl (C=O) groups is 2. The lowest BCUT2D eigenvalue weighted by molar-refractivity contribution is -0.127. The summed E-state index contributed by atoms with van der Waals surface area (Å²) < 4.78 is 34.1. The van der Waals surface area contributed by atoms with Crippen LogP contribution in [0.1, 0.15) is 34.8 Å². The van der Waals surface area contributed by atoms with Gasteiger partial charge in [0.1, 0.15) is 17.2 Å². The molecule has 0 unspecified atom stereocenters. The molecule has 4 aromatic rings. The molecule has 2 aromatic carbocycles. The smallest absolute Gasteiger partial charge is 0.269 e. The molecular formula is C26H23F2N5O3. The van der Waals surface area contributed by atoms with Crippen LogP contribution in [0.2, 0.25) is 0 Å². The van der Waals surface area contributed by atoms with Crippen molar-refractivity contribution in [2.24, 2.45) is 5.73 Å². The van der Waals surface area contributed by atoms with Gasteiger partial charge in [-0.25, -0.2) is 13.3 Å². The zero-order chi connectivity index (χ0) is 25.4. The van der Waals surface area contributed by atoms with Gasteiger partial charge in [0.05, 0.1) is 11.9 Å². The van der Waals surface area contributed by atoms with E-state index in [-0.39, 0.29) is 23.3 Å². The Kier molecular flexibility index (Phi) is 6.01. The number of imidazole rings is 1. The van der Waals surface area contributed by atoms with Gasteiger partial charge in [0, 0.05) is 30.3 Å². The van der Waals surface area contributed by atoms with E-state index >= 15 is 0 Å². The predicted molar refractivity (Wildman–Crippen MR) is 129 cm³/mol. The van der Waals surface area contributed by atoms with Crippen molar-refractivity contribution in [1.82, 2.24) is 19.5 Å².